The van der Waals surface area contributed by atoms with Gasteiger partial charge in [0.15, 0.2) is 0 Å². The highest BCUT2D eigenvalue weighted by atomic mass is 16.6. The van der Waals surface area contributed by atoms with E-state index in [1.807, 2.05) is 30.3 Å². The van der Waals surface area contributed by atoms with Crippen molar-refractivity contribution in [2.45, 2.75) is 64.6 Å². The minimum atomic E-state index is -0.923. The molecule has 3 amide bonds. The van der Waals surface area contributed by atoms with Gasteiger partial charge in [-0.15, -0.1) is 0 Å². The highest BCUT2D eigenvalue weighted by Gasteiger charge is 2.30. The fourth-order valence-corrected chi connectivity index (χ4v) is 3.54. The van der Waals surface area contributed by atoms with Gasteiger partial charge in [0.05, 0.1) is 6.61 Å². The van der Waals surface area contributed by atoms with E-state index in [2.05, 4.69) is 16.0 Å². The molecule has 0 radical (unpaired) electrons. The van der Waals surface area contributed by atoms with Gasteiger partial charge in [-0.2, -0.15) is 0 Å². The Morgan fingerprint density at radius 1 is 1.18 bits per heavy atom. The standard InChI is InChI=1S/C25H35N3O6/c1-5-33-21(29)12-11-19(16-18-13-14-26-22(18)30)27-23(31)20(15-17-9-7-6-8-10-17)28-24(32)34-25(2,3)4/h6-12,18-20H,5,13-16H2,1-4H3,(H,26,30)(H,27,31)(H,28,32)/t18-,19+,20-/m0/s1. The van der Waals surface area contributed by atoms with Crippen LogP contribution >= 0.6 is 0 Å². The molecule has 1 aliphatic rings. The van der Waals surface area contributed by atoms with Crippen LogP contribution in [0.2, 0.25) is 0 Å². The smallest absolute Gasteiger partial charge is 0.408 e. The molecule has 34 heavy (non-hydrogen) atoms. The maximum absolute atomic E-state index is 13.3. The summed E-state index contributed by atoms with van der Waals surface area (Å²) in [7, 11) is 0. The molecule has 3 atom stereocenters. The number of nitrogens with one attached hydrogen (secondary N) is 3. The average molecular weight is 474 g/mol. The largest absolute Gasteiger partial charge is 0.463 e. The third-order valence-corrected chi connectivity index (χ3v) is 5.07. The van der Waals surface area contributed by atoms with Gasteiger partial charge in [0.1, 0.15) is 11.6 Å². The molecule has 1 fully saturated rings. The van der Waals surface area contributed by atoms with E-state index in [1.165, 1.54) is 12.2 Å². The van der Waals surface area contributed by atoms with Crippen LogP contribution in [0.3, 0.4) is 0 Å². The summed E-state index contributed by atoms with van der Waals surface area (Å²) in [5.41, 5.74) is 0.131. The van der Waals surface area contributed by atoms with Crippen molar-refractivity contribution >= 4 is 23.9 Å². The van der Waals surface area contributed by atoms with Crippen molar-refractivity contribution in [3.05, 3.63) is 48.0 Å². The van der Waals surface area contributed by atoms with E-state index in [4.69, 9.17) is 9.47 Å². The van der Waals surface area contributed by atoms with Crippen molar-refractivity contribution in [1.29, 1.82) is 0 Å². The zero-order valence-corrected chi connectivity index (χ0v) is 20.3. The number of carbonyl (C=O) groups is 4. The van der Waals surface area contributed by atoms with Crippen LogP contribution in [0.5, 0.6) is 0 Å². The van der Waals surface area contributed by atoms with Gasteiger partial charge < -0.3 is 25.4 Å². The van der Waals surface area contributed by atoms with Crippen molar-refractivity contribution < 1.29 is 28.7 Å². The van der Waals surface area contributed by atoms with Gasteiger partial charge in [-0.1, -0.05) is 36.4 Å². The van der Waals surface area contributed by atoms with E-state index in [0.29, 0.717) is 19.4 Å². The number of amides is 3. The molecule has 1 aromatic carbocycles. The average Bonchev–Trinajstić information content (AvgIpc) is 3.15. The molecule has 1 heterocycles. The topological polar surface area (TPSA) is 123 Å². The molecule has 0 bridgehead atoms. The quantitative estimate of drug-likeness (QED) is 0.354. The monoisotopic (exact) mass is 473 g/mol. The van der Waals surface area contributed by atoms with Crippen LogP contribution in [0, 0.1) is 5.92 Å². The number of benzene rings is 1. The van der Waals surface area contributed by atoms with Gasteiger partial charge >= 0.3 is 12.1 Å². The minimum absolute atomic E-state index is 0.0866. The van der Waals surface area contributed by atoms with E-state index >= 15 is 0 Å². The summed E-state index contributed by atoms with van der Waals surface area (Å²) < 4.78 is 10.3. The molecular formula is C25H35N3O6. The van der Waals surface area contributed by atoms with E-state index in [-0.39, 0.29) is 24.9 Å². The van der Waals surface area contributed by atoms with Crippen LogP contribution in [0.1, 0.15) is 46.1 Å². The molecule has 1 saturated heterocycles. The number of ether oxygens (including phenoxy) is 2. The summed E-state index contributed by atoms with van der Waals surface area (Å²) in [6.07, 6.45) is 3.26. The van der Waals surface area contributed by atoms with Gasteiger partial charge in [0, 0.05) is 31.0 Å². The molecule has 0 spiro atoms. The Hall–Kier alpha value is -3.36. The van der Waals surface area contributed by atoms with Crippen molar-refractivity contribution in [3.63, 3.8) is 0 Å². The molecule has 9 heteroatoms. The Morgan fingerprint density at radius 3 is 2.47 bits per heavy atom. The van der Waals surface area contributed by atoms with E-state index in [1.54, 1.807) is 27.7 Å². The maximum Gasteiger partial charge on any atom is 0.408 e. The van der Waals surface area contributed by atoms with E-state index in [0.717, 1.165) is 5.56 Å². The summed E-state index contributed by atoms with van der Waals surface area (Å²) in [6.45, 7) is 7.71. The third-order valence-electron chi connectivity index (χ3n) is 5.07. The summed E-state index contributed by atoms with van der Waals surface area (Å²) >= 11 is 0. The molecule has 9 nitrogen and oxygen atoms in total. The first-order chi connectivity index (χ1) is 16.1. The zero-order chi connectivity index (χ0) is 25.1. The number of hydrogen-bond acceptors (Lipinski definition) is 6. The van der Waals surface area contributed by atoms with Crippen LogP contribution < -0.4 is 16.0 Å². The fourth-order valence-electron chi connectivity index (χ4n) is 3.54. The fraction of sp³-hybridized carbons (Fsp3) is 0.520. The van der Waals surface area contributed by atoms with Gasteiger partial charge in [0.25, 0.3) is 0 Å². The van der Waals surface area contributed by atoms with Crippen LogP contribution in [-0.4, -0.2) is 54.7 Å². The SMILES string of the molecule is CCOC(=O)C=C[C@H](C[C@@H]1CCNC1=O)NC(=O)[C@H](Cc1ccccc1)NC(=O)OC(C)(C)C. The molecule has 0 aromatic heterocycles. The van der Waals surface area contributed by atoms with E-state index < -0.39 is 35.7 Å². The Kier molecular flexibility index (Phi) is 10.1. The lowest BCUT2D eigenvalue weighted by Crippen LogP contribution is -2.51. The Balaban J connectivity index is 2.18. The Morgan fingerprint density at radius 2 is 1.88 bits per heavy atom. The number of rotatable bonds is 10. The molecule has 2 rings (SSSR count). The van der Waals surface area contributed by atoms with Crippen LogP contribution in [0.4, 0.5) is 4.79 Å². The van der Waals surface area contributed by atoms with Crippen molar-refractivity contribution in [2.75, 3.05) is 13.2 Å². The van der Waals surface area contributed by atoms with Gasteiger partial charge in [-0.25, -0.2) is 9.59 Å². The van der Waals surface area contributed by atoms with Crippen molar-refractivity contribution in [3.8, 4) is 0 Å². The lowest BCUT2D eigenvalue weighted by atomic mass is 9.97. The first-order valence-electron chi connectivity index (χ1n) is 11.5. The second-order valence-electron chi connectivity index (χ2n) is 9.13. The first-order valence-corrected chi connectivity index (χ1v) is 11.5. The Bertz CT molecular complexity index is 878. The molecule has 3 N–H and O–H groups in total. The normalized spacial score (nSPS) is 17.5. The summed E-state index contributed by atoms with van der Waals surface area (Å²) in [5, 5.41) is 8.29. The summed E-state index contributed by atoms with van der Waals surface area (Å²) in [6, 6.07) is 7.75. The summed E-state index contributed by atoms with van der Waals surface area (Å²) in [4.78, 5) is 49.6. The molecule has 1 aliphatic heterocycles. The first kappa shape index (κ1) is 26.9. The molecular weight excluding hydrogens is 438 g/mol. The van der Waals surface area contributed by atoms with Crippen molar-refractivity contribution in [2.24, 2.45) is 5.92 Å². The molecule has 0 unspecified atom stereocenters. The minimum Gasteiger partial charge on any atom is -0.463 e. The number of hydrogen-bond donors (Lipinski definition) is 3. The highest BCUT2D eigenvalue weighted by Crippen LogP contribution is 2.17. The van der Waals surface area contributed by atoms with Gasteiger partial charge in [-0.3, -0.25) is 9.59 Å². The number of alkyl carbamates (subject to hydrolysis) is 1. The van der Waals surface area contributed by atoms with Gasteiger partial charge in [0.2, 0.25) is 11.8 Å². The Labute approximate surface area is 200 Å². The molecule has 186 valence electrons. The summed E-state index contributed by atoms with van der Waals surface area (Å²) in [5.74, 6) is -1.36. The van der Waals surface area contributed by atoms with Gasteiger partial charge in [-0.05, 0) is 46.1 Å². The second-order valence-corrected chi connectivity index (χ2v) is 9.13. The third kappa shape index (κ3) is 9.64. The predicted molar refractivity (Wildman–Crippen MR) is 127 cm³/mol. The maximum atomic E-state index is 13.3. The van der Waals surface area contributed by atoms with Crippen molar-refractivity contribution in [1.82, 2.24) is 16.0 Å². The molecule has 0 saturated carbocycles. The van der Waals surface area contributed by atoms with Crippen LogP contribution in [0.25, 0.3) is 0 Å². The highest BCUT2D eigenvalue weighted by molar-refractivity contribution is 5.87. The molecule has 0 aliphatic carbocycles. The number of esters is 1. The van der Waals surface area contributed by atoms with Crippen LogP contribution in [-0.2, 0) is 30.3 Å². The lowest BCUT2D eigenvalue weighted by molar-refractivity contribution is -0.137. The molecule has 1 aromatic rings. The van der Waals surface area contributed by atoms with E-state index in [9.17, 15) is 19.2 Å². The predicted octanol–water partition coefficient (Wildman–Crippen LogP) is 2.25. The lowest BCUT2D eigenvalue weighted by Gasteiger charge is -2.25. The second kappa shape index (κ2) is 12.8. The number of carbonyl (C=O) groups excluding carboxylic acids is 4. The zero-order valence-electron chi connectivity index (χ0n) is 20.3. The van der Waals surface area contributed by atoms with Crippen LogP contribution in [0.15, 0.2) is 42.5 Å².